The molecule has 3 nitrogen and oxygen atoms in total. The maximum atomic E-state index is 12.9. The van der Waals surface area contributed by atoms with Crippen LogP contribution in [0.1, 0.15) is 36.1 Å². The first kappa shape index (κ1) is 18.0. The predicted molar refractivity (Wildman–Crippen MR) is 120 cm³/mol. The molecule has 2 heterocycles. The fraction of sp³-hybridized carbons (Fsp3) is 0.269. The van der Waals surface area contributed by atoms with Gasteiger partial charge < -0.3 is 4.57 Å². The van der Waals surface area contributed by atoms with E-state index in [1.54, 1.807) is 10.6 Å². The summed E-state index contributed by atoms with van der Waals surface area (Å²) in [7, 11) is 2.17. The van der Waals surface area contributed by atoms with E-state index in [-0.39, 0.29) is 5.56 Å². The summed E-state index contributed by atoms with van der Waals surface area (Å²) >= 11 is 0. The molecule has 0 N–H and O–H groups in total. The van der Waals surface area contributed by atoms with E-state index in [1.807, 2.05) is 12.3 Å². The van der Waals surface area contributed by atoms with Gasteiger partial charge in [0.1, 0.15) is 0 Å². The summed E-state index contributed by atoms with van der Waals surface area (Å²) in [5.41, 5.74) is 8.37. The summed E-state index contributed by atoms with van der Waals surface area (Å²) in [6.07, 6.45) is 8.07. The summed E-state index contributed by atoms with van der Waals surface area (Å²) in [5, 5.41) is 1.34. The Balaban J connectivity index is 1.58. The molecule has 0 bridgehead atoms. The predicted octanol–water partition coefficient (Wildman–Crippen LogP) is 5.57. The maximum Gasteiger partial charge on any atom is 0.255 e. The minimum absolute atomic E-state index is 0.00167. The van der Waals surface area contributed by atoms with Gasteiger partial charge in [0.05, 0.1) is 11.2 Å². The van der Waals surface area contributed by atoms with E-state index in [0.717, 1.165) is 29.7 Å². The van der Waals surface area contributed by atoms with Crippen LogP contribution in [0.15, 0.2) is 65.6 Å². The van der Waals surface area contributed by atoms with E-state index < -0.39 is 0 Å². The van der Waals surface area contributed by atoms with Gasteiger partial charge >= 0.3 is 0 Å². The number of aromatic nitrogens is 2. The van der Waals surface area contributed by atoms with E-state index in [9.17, 15) is 4.79 Å². The van der Waals surface area contributed by atoms with Crippen LogP contribution in [0.2, 0.25) is 0 Å². The molecule has 1 aliphatic rings. The van der Waals surface area contributed by atoms with Gasteiger partial charge in [-0.3, -0.25) is 9.36 Å². The zero-order chi connectivity index (χ0) is 20.0. The van der Waals surface area contributed by atoms with Gasteiger partial charge in [-0.05, 0) is 67.5 Å². The molecule has 0 saturated heterocycles. The molecule has 3 heteroatoms. The molecule has 146 valence electrons. The Morgan fingerprint density at radius 1 is 0.828 bits per heavy atom. The van der Waals surface area contributed by atoms with E-state index in [0.29, 0.717) is 0 Å². The smallest absolute Gasteiger partial charge is 0.255 e. The SMILES string of the molecule is Cc1ccc(-c2ccn(-c3ccc4c5c(n(C)c4c3)CCCCC5)c(=O)c2)cc1. The fourth-order valence-corrected chi connectivity index (χ4v) is 4.69. The standard InChI is InChI=1S/C26H26N2O/c1-18-8-10-19(11-9-18)20-14-15-28(26(29)16-20)21-12-13-23-22-6-4-3-5-7-24(22)27(2)25(23)17-21/h8-17H,3-7H2,1-2H3. The quantitative estimate of drug-likeness (QED) is 0.416. The van der Waals surface area contributed by atoms with Gasteiger partial charge in [-0.2, -0.15) is 0 Å². The molecule has 0 amide bonds. The van der Waals surface area contributed by atoms with Gasteiger partial charge in [-0.1, -0.05) is 42.3 Å². The van der Waals surface area contributed by atoms with Crippen molar-refractivity contribution < 1.29 is 0 Å². The number of aryl methyl sites for hydroxylation is 3. The van der Waals surface area contributed by atoms with E-state index >= 15 is 0 Å². The number of hydrogen-bond donors (Lipinski definition) is 0. The Bertz CT molecular complexity index is 1260. The average Bonchev–Trinajstić information content (AvgIpc) is 2.89. The molecule has 0 fully saturated rings. The summed E-state index contributed by atoms with van der Waals surface area (Å²) in [5.74, 6) is 0. The number of fused-ring (bicyclic) bond motifs is 3. The second kappa shape index (κ2) is 7.07. The normalized spacial score (nSPS) is 14.0. The molecule has 2 aromatic carbocycles. The number of nitrogens with zero attached hydrogens (tertiary/aromatic N) is 2. The lowest BCUT2D eigenvalue weighted by Gasteiger charge is -2.09. The third-order valence-corrected chi connectivity index (χ3v) is 6.34. The van der Waals surface area contributed by atoms with Gasteiger partial charge in [0.15, 0.2) is 0 Å². The first-order chi connectivity index (χ1) is 14.1. The van der Waals surface area contributed by atoms with Gasteiger partial charge in [0, 0.05) is 30.4 Å². The lowest BCUT2D eigenvalue weighted by molar-refractivity contribution is 0.698. The molecule has 1 aliphatic carbocycles. The Hall–Kier alpha value is -3.07. The molecule has 0 atom stereocenters. The maximum absolute atomic E-state index is 12.9. The molecule has 4 aromatic rings. The average molecular weight is 383 g/mol. The van der Waals surface area contributed by atoms with E-state index in [1.165, 1.54) is 47.0 Å². The zero-order valence-corrected chi connectivity index (χ0v) is 17.1. The van der Waals surface area contributed by atoms with Gasteiger partial charge in [0.25, 0.3) is 5.56 Å². The summed E-state index contributed by atoms with van der Waals surface area (Å²) in [4.78, 5) is 12.9. The molecular formula is C26H26N2O. The Labute approximate surface area is 171 Å². The number of pyridine rings is 1. The van der Waals surface area contributed by atoms with E-state index in [4.69, 9.17) is 0 Å². The van der Waals surface area contributed by atoms with Gasteiger partial charge in [-0.25, -0.2) is 0 Å². The lowest BCUT2D eigenvalue weighted by Crippen LogP contribution is -2.16. The molecular weight excluding hydrogens is 356 g/mol. The molecule has 2 aromatic heterocycles. The molecule has 0 saturated carbocycles. The number of rotatable bonds is 2. The van der Waals surface area contributed by atoms with Crippen LogP contribution < -0.4 is 5.56 Å². The van der Waals surface area contributed by atoms with Crippen molar-refractivity contribution in [1.29, 1.82) is 0 Å². The molecule has 0 spiro atoms. The summed E-state index contributed by atoms with van der Waals surface area (Å²) in [6.45, 7) is 2.07. The Kier molecular flexibility index (Phi) is 4.39. The van der Waals surface area contributed by atoms with Crippen molar-refractivity contribution >= 4 is 10.9 Å². The Morgan fingerprint density at radius 2 is 1.62 bits per heavy atom. The monoisotopic (exact) mass is 382 g/mol. The van der Waals surface area contributed by atoms with Crippen LogP contribution in [-0.4, -0.2) is 9.13 Å². The second-order valence-corrected chi connectivity index (χ2v) is 8.24. The zero-order valence-electron chi connectivity index (χ0n) is 17.1. The van der Waals surface area contributed by atoms with Crippen molar-refractivity contribution in [1.82, 2.24) is 9.13 Å². The topological polar surface area (TPSA) is 26.9 Å². The highest BCUT2D eigenvalue weighted by Gasteiger charge is 2.17. The fourth-order valence-electron chi connectivity index (χ4n) is 4.69. The first-order valence-electron chi connectivity index (χ1n) is 10.5. The molecule has 0 unspecified atom stereocenters. The third kappa shape index (κ3) is 3.11. The highest BCUT2D eigenvalue weighted by molar-refractivity contribution is 5.87. The first-order valence-corrected chi connectivity index (χ1v) is 10.5. The van der Waals surface area contributed by atoms with Crippen LogP contribution in [0.4, 0.5) is 0 Å². The second-order valence-electron chi connectivity index (χ2n) is 8.24. The molecule has 29 heavy (non-hydrogen) atoms. The molecule has 0 radical (unpaired) electrons. The van der Waals surface area contributed by atoms with Crippen molar-refractivity contribution in [3.05, 3.63) is 88.0 Å². The third-order valence-electron chi connectivity index (χ3n) is 6.34. The van der Waals surface area contributed by atoms with Crippen molar-refractivity contribution in [3.8, 4) is 16.8 Å². The Morgan fingerprint density at radius 3 is 2.41 bits per heavy atom. The highest BCUT2D eigenvalue weighted by atomic mass is 16.1. The minimum atomic E-state index is -0.00167. The van der Waals surface area contributed by atoms with Crippen molar-refractivity contribution in [2.24, 2.45) is 7.05 Å². The molecule has 5 rings (SSSR count). The number of hydrogen-bond acceptors (Lipinski definition) is 1. The summed E-state index contributed by atoms with van der Waals surface area (Å²) < 4.78 is 4.08. The lowest BCUT2D eigenvalue weighted by atomic mass is 10.1. The van der Waals surface area contributed by atoms with E-state index in [2.05, 4.69) is 61.0 Å². The van der Waals surface area contributed by atoms with Crippen LogP contribution >= 0.6 is 0 Å². The van der Waals surface area contributed by atoms with Gasteiger partial charge in [0.2, 0.25) is 0 Å². The molecule has 0 aliphatic heterocycles. The van der Waals surface area contributed by atoms with Crippen molar-refractivity contribution in [2.45, 2.75) is 39.0 Å². The van der Waals surface area contributed by atoms with Crippen molar-refractivity contribution in [2.75, 3.05) is 0 Å². The van der Waals surface area contributed by atoms with Crippen LogP contribution in [0.3, 0.4) is 0 Å². The number of benzene rings is 2. The minimum Gasteiger partial charge on any atom is -0.347 e. The van der Waals surface area contributed by atoms with Crippen LogP contribution in [0.25, 0.3) is 27.7 Å². The summed E-state index contributed by atoms with van der Waals surface area (Å²) in [6, 6.07) is 18.5. The van der Waals surface area contributed by atoms with Gasteiger partial charge in [-0.15, -0.1) is 0 Å². The largest absolute Gasteiger partial charge is 0.347 e. The van der Waals surface area contributed by atoms with Crippen LogP contribution in [-0.2, 0) is 19.9 Å². The van der Waals surface area contributed by atoms with Crippen molar-refractivity contribution in [3.63, 3.8) is 0 Å². The van der Waals surface area contributed by atoms with Crippen LogP contribution in [0.5, 0.6) is 0 Å². The van der Waals surface area contributed by atoms with Crippen LogP contribution in [0, 0.1) is 6.92 Å². The highest BCUT2D eigenvalue weighted by Crippen LogP contribution is 2.32.